The van der Waals surface area contributed by atoms with Gasteiger partial charge in [-0.3, -0.25) is 4.68 Å². The van der Waals surface area contributed by atoms with Crippen molar-refractivity contribution in [1.82, 2.24) is 9.78 Å². The van der Waals surface area contributed by atoms with Gasteiger partial charge in [-0.05, 0) is 36.5 Å². The molecule has 0 radical (unpaired) electrons. The van der Waals surface area contributed by atoms with Crippen LogP contribution in [-0.4, -0.2) is 22.0 Å². The number of para-hydroxylation sites is 2. The molecule has 0 aliphatic heterocycles. The largest absolute Gasteiger partial charge is 0.495 e. The van der Waals surface area contributed by atoms with Crippen molar-refractivity contribution in [2.24, 2.45) is 0 Å². The smallest absolute Gasteiger partial charge is 0.175 e. The lowest BCUT2D eigenvalue weighted by atomic mass is 10.2. The molecule has 0 spiro atoms. The third-order valence-electron chi connectivity index (χ3n) is 3.63. The SMILES string of the molecule is COc1ccccc1NC(=S)Nc1cnn(Cc2c(F)cccc2Cl)c1. The second-order valence-corrected chi connectivity index (χ2v) is 6.22. The van der Waals surface area contributed by atoms with Crippen LogP contribution in [0.3, 0.4) is 0 Å². The van der Waals surface area contributed by atoms with Crippen LogP contribution in [0.4, 0.5) is 15.8 Å². The monoisotopic (exact) mass is 390 g/mol. The van der Waals surface area contributed by atoms with Crippen LogP contribution in [0.25, 0.3) is 0 Å². The highest BCUT2D eigenvalue weighted by Gasteiger charge is 2.10. The second-order valence-electron chi connectivity index (χ2n) is 5.41. The average molecular weight is 391 g/mol. The van der Waals surface area contributed by atoms with Crippen molar-refractivity contribution in [2.75, 3.05) is 17.7 Å². The molecule has 2 N–H and O–H groups in total. The molecule has 1 heterocycles. The molecule has 1 aromatic heterocycles. The van der Waals surface area contributed by atoms with Crippen molar-refractivity contribution < 1.29 is 9.13 Å². The first kappa shape index (κ1) is 18.2. The molecular weight excluding hydrogens is 375 g/mol. The van der Waals surface area contributed by atoms with Crippen LogP contribution >= 0.6 is 23.8 Å². The lowest BCUT2D eigenvalue weighted by Crippen LogP contribution is -2.19. The minimum atomic E-state index is -0.365. The molecule has 0 unspecified atom stereocenters. The van der Waals surface area contributed by atoms with E-state index in [2.05, 4.69) is 15.7 Å². The highest BCUT2D eigenvalue weighted by Crippen LogP contribution is 2.23. The van der Waals surface area contributed by atoms with Gasteiger partial charge in [0.15, 0.2) is 5.11 Å². The summed E-state index contributed by atoms with van der Waals surface area (Å²) in [6.45, 7) is 0.222. The minimum Gasteiger partial charge on any atom is -0.495 e. The maximum Gasteiger partial charge on any atom is 0.175 e. The van der Waals surface area contributed by atoms with E-state index in [-0.39, 0.29) is 12.4 Å². The van der Waals surface area contributed by atoms with Gasteiger partial charge in [-0.1, -0.05) is 29.8 Å². The maximum absolute atomic E-state index is 13.9. The molecule has 5 nitrogen and oxygen atoms in total. The van der Waals surface area contributed by atoms with Gasteiger partial charge in [-0.15, -0.1) is 0 Å². The number of rotatable bonds is 5. The number of benzene rings is 2. The second kappa shape index (κ2) is 8.16. The van der Waals surface area contributed by atoms with E-state index < -0.39 is 0 Å². The number of nitrogens with zero attached hydrogens (tertiary/aromatic N) is 2. The molecule has 3 aromatic rings. The van der Waals surface area contributed by atoms with E-state index in [0.717, 1.165) is 5.69 Å². The van der Waals surface area contributed by atoms with E-state index in [0.29, 0.717) is 27.1 Å². The fourth-order valence-corrected chi connectivity index (χ4v) is 2.84. The van der Waals surface area contributed by atoms with E-state index in [1.165, 1.54) is 6.07 Å². The molecule has 26 heavy (non-hydrogen) atoms. The van der Waals surface area contributed by atoms with Gasteiger partial charge in [0.1, 0.15) is 11.6 Å². The molecule has 0 bridgehead atoms. The summed E-state index contributed by atoms with van der Waals surface area (Å²) in [7, 11) is 1.59. The van der Waals surface area contributed by atoms with E-state index in [1.54, 1.807) is 36.3 Å². The molecule has 0 aliphatic rings. The molecule has 0 fully saturated rings. The highest BCUT2D eigenvalue weighted by molar-refractivity contribution is 7.80. The third kappa shape index (κ3) is 4.30. The summed E-state index contributed by atoms with van der Waals surface area (Å²) in [5, 5.41) is 11.1. The van der Waals surface area contributed by atoms with Crippen molar-refractivity contribution in [1.29, 1.82) is 0 Å². The van der Waals surface area contributed by atoms with Gasteiger partial charge in [0.25, 0.3) is 0 Å². The Morgan fingerprint density at radius 3 is 2.81 bits per heavy atom. The number of hydrogen-bond acceptors (Lipinski definition) is 3. The topological polar surface area (TPSA) is 51.1 Å². The first-order chi connectivity index (χ1) is 12.6. The van der Waals surface area contributed by atoms with Crippen LogP contribution < -0.4 is 15.4 Å². The molecule has 0 saturated heterocycles. The lowest BCUT2D eigenvalue weighted by Gasteiger charge is -2.12. The molecule has 0 saturated carbocycles. The number of methoxy groups -OCH3 is 1. The Labute approximate surface area is 160 Å². The van der Waals surface area contributed by atoms with E-state index in [9.17, 15) is 4.39 Å². The fourth-order valence-electron chi connectivity index (χ4n) is 2.39. The molecule has 0 aliphatic carbocycles. The van der Waals surface area contributed by atoms with Crippen molar-refractivity contribution in [3.8, 4) is 5.75 Å². The van der Waals surface area contributed by atoms with Crippen LogP contribution in [0.15, 0.2) is 54.9 Å². The average Bonchev–Trinajstić information content (AvgIpc) is 3.05. The molecule has 8 heteroatoms. The molecule has 0 atom stereocenters. The fraction of sp³-hybridized carbons (Fsp3) is 0.111. The zero-order valence-electron chi connectivity index (χ0n) is 13.9. The maximum atomic E-state index is 13.9. The summed E-state index contributed by atoms with van der Waals surface area (Å²) >= 11 is 11.4. The van der Waals surface area contributed by atoms with Gasteiger partial charge < -0.3 is 15.4 Å². The summed E-state index contributed by atoms with van der Waals surface area (Å²) in [4.78, 5) is 0. The number of nitrogens with one attached hydrogen (secondary N) is 2. The van der Waals surface area contributed by atoms with Crippen LogP contribution in [0.2, 0.25) is 5.02 Å². The number of anilines is 2. The Kier molecular flexibility index (Phi) is 5.70. The Morgan fingerprint density at radius 1 is 1.23 bits per heavy atom. The summed E-state index contributed by atoms with van der Waals surface area (Å²) in [6, 6.07) is 12.0. The standard InChI is InChI=1S/C18H16ClFN4OS/c1-25-17-8-3-2-7-16(17)23-18(26)22-12-9-21-24(10-12)11-13-14(19)5-4-6-15(13)20/h2-10H,11H2,1H3,(H2,22,23,26). The predicted octanol–water partition coefficient (Wildman–Crippen LogP) is 4.54. The Hall–Kier alpha value is -2.64. The molecule has 2 aromatic carbocycles. The van der Waals surface area contributed by atoms with Crippen molar-refractivity contribution >= 4 is 40.3 Å². The van der Waals surface area contributed by atoms with Gasteiger partial charge in [0.2, 0.25) is 0 Å². The lowest BCUT2D eigenvalue weighted by molar-refractivity contribution is 0.417. The molecular formula is C18H16ClFN4OS. The summed E-state index contributed by atoms with van der Waals surface area (Å²) in [6.07, 6.45) is 3.32. The van der Waals surface area contributed by atoms with Crippen molar-refractivity contribution in [2.45, 2.75) is 6.54 Å². The highest BCUT2D eigenvalue weighted by atomic mass is 35.5. The predicted molar refractivity (Wildman–Crippen MR) is 106 cm³/mol. The van der Waals surface area contributed by atoms with Crippen LogP contribution in [0, 0.1) is 5.82 Å². The Morgan fingerprint density at radius 2 is 2.04 bits per heavy atom. The first-order valence-corrected chi connectivity index (χ1v) is 8.52. The van der Waals surface area contributed by atoms with E-state index in [4.69, 9.17) is 28.6 Å². The summed E-state index contributed by atoms with van der Waals surface area (Å²) < 4.78 is 20.7. The van der Waals surface area contributed by atoms with Gasteiger partial charge in [0, 0.05) is 16.8 Å². The summed E-state index contributed by atoms with van der Waals surface area (Å²) in [5.41, 5.74) is 1.81. The minimum absolute atomic E-state index is 0.222. The zero-order valence-corrected chi connectivity index (χ0v) is 15.4. The number of aromatic nitrogens is 2. The number of ether oxygens (including phenoxy) is 1. The Bertz CT molecular complexity index is 911. The molecule has 0 amide bonds. The van der Waals surface area contributed by atoms with Gasteiger partial charge in [-0.2, -0.15) is 5.10 Å². The third-order valence-corrected chi connectivity index (χ3v) is 4.19. The quantitative estimate of drug-likeness (QED) is 0.626. The van der Waals surface area contributed by atoms with E-state index in [1.807, 2.05) is 24.3 Å². The van der Waals surface area contributed by atoms with Crippen LogP contribution in [-0.2, 0) is 6.54 Å². The summed E-state index contributed by atoms with van der Waals surface area (Å²) in [5.74, 6) is 0.317. The van der Waals surface area contributed by atoms with E-state index >= 15 is 0 Å². The zero-order chi connectivity index (χ0) is 18.5. The normalized spacial score (nSPS) is 10.4. The van der Waals surface area contributed by atoms with Crippen molar-refractivity contribution in [3.05, 3.63) is 71.3 Å². The number of halogens is 2. The number of thiocarbonyl (C=S) groups is 1. The molecule has 134 valence electrons. The molecule has 3 rings (SSSR count). The number of hydrogen-bond donors (Lipinski definition) is 2. The van der Waals surface area contributed by atoms with Crippen molar-refractivity contribution in [3.63, 3.8) is 0 Å². The first-order valence-electron chi connectivity index (χ1n) is 7.73. The van der Waals surface area contributed by atoms with Crippen LogP contribution in [0.1, 0.15) is 5.56 Å². The van der Waals surface area contributed by atoms with Gasteiger partial charge in [0.05, 0.1) is 31.2 Å². The van der Waals surface area contributed by atoms with Crippen LogP contribution in [0.5, 0.6) is 5.75 Å². The Balaban J connectivity index is 1.66. The van der Waals surface area contributed by atoms with Gasteiger partial charge >= 0.3 is 0 Å². The van der Waals surface area contributed by atoms with Gasteiger partial charge in [-0.25, -0.2) is 4.39 Å².